The van der Waals surface area contributed by atoms with Crippen LogP contribution in [0.25, 0.3) is 0 Å². The molecule has 0 radical (unpaired) electrons. The van der Waals surface area contributed by atoms with E-state index in [1.807, 2.05) is 11.4 Å². The van der Waals surface area contributed by atoms with E-state index >= 15 is 0 Å². The third-order valence-corrected chi connectivity index (χ3v) is 5.51. The van der Waals surface area contributed by atoms with Gasteiger partial charge in [-0.2, -0.15) is 0 Å². The largest absolute Gasteiger partial charge is 0.338 e. The summed E-state index contributed by atoms with van der Waals surface area (Å²) in [5, 5.41) is 4.91. The maximum Gasteiger partial charge on any atom is 0.264 e. The first-order valence-electron chi connectivity index (χ1n) is 8.74. The first-order valence-corrected chi connectivity index (χ1v) is 9.62. The van der Waals surface area contributed by atoms with Crippen LogP contribution in [0, 0.1) is 11.6 Å². The lowest BCUT2D eigenvalue weighted by molar-refractivity contribution is -0.131. The zero-order valence-corrected chi connectivity index (χ0v) is 15.8. The predicted molar refractivity (Wildman–Crippen MR) is 99.6 cm³/mol. The second-order valence-electron chi connectivity index (χ2n) is 6.43. The highest BCUT2D eigenvalue weighted by Crippen LogP contribution is 2.16. The molecule has 0 spiro atoms. The number of nitrogens with one attached hydrogen (secondary N) is 1. The van der Waals surface area contributed by atoms with E-state index in [0.29, 0.717) is 36.6 Å². The van der Waals surface area contributed by atoms with Gasteiger partial charge in [0, 0.05) is 32.2 Å². The Hall–Kier alpha value is -2.32. The van der Waals surface area contributed by atoms with Gasteiger partial charge < -0.3 is 15.1 Å². The van der Waals surface area contributed by atoms with E-state index in [2.05, 4.69) is 5.32 Å². The summed E-state index contributed by atoms with van der Waals surface area (Å²) in [7, 11) is 0. The molecule has 2 amide bonds. The lowest BCUT2D eigenvalue weighted by atomic mass is 10.1. The number of piperazine rings is 1. The molecule has 0 unspecified atom stereocenters. The molecule has 1 aliphatic heterocycles. The van der Waals surface area contributed by atoms with Gasteiger partial charge in [0.25, 0.3) is 5.91 Å². The summed E-state index contributed by atoms with van der Waals surface area (Å²) in [5.41, 5.74) is 0.577. The Bertz CT molecular complexity index is 805. The van der Waals surface area contributed by atoms with Gasteiger partial charge in [0.1, 0.15) is 0 Å². The Morgan fingerprint density at radius 1 is 1.11 bits per heavy atom. The lowest BCUT2D eigenvalue weighted by Gasteiger charge is -2.34. The number of amides is 2. The molecule has 8 heteroatoms. The maximum absolute atomic E-state index is 13.3. The second kappa shape index (κ2) is 8.58. The van der Waals surface area contributed by atoms with Crippen LogP contribution < -0.4 is 5.32 Å². The molecular weight excluding hydrogens is 372 g/mol. The fraction of sp³-hybridized carbons (Fsp3) is 0.368. The third kappa shape index (κ3) is 4.70. The molecule has 1 N–H and O–H groups in total. The van der Waals surface area contributed by atoms with E-state index < -0.39 is 11.6 Å². The fourth-order valence-electron chi connectivity index (χ4n) is 2.97. The van der Waals surface area contributed by atoms with Crippen LogP contribution in [0.5, 0.6) is 0 Å². The molecular formula is C19H21F2N3O2S. The molecule has 144 valence electrons. The zero-order valence-electron chi connectivity index (χ0n) is 15.0. The molecule has 1 aromatic heterocycles. The topological polar surface area (TPSA) is 52.7 Å². The molecule has 0 bridgehead atoms. The molecule has 0 aliphatic carbocycles. The molecule has 3 rings (SSSR count). The van der Waals surface area contributed by atoms with Crippen molar-refractivity contribution in [2.75, 3.05) is 32.7 Å². The van der Waals surface area contributed by atoms with Crippen molar-refractivity contribution < 1.29 is 18.4 Å². The fourth-order valence-corrected chi connectivity index (χ4v) is 3.66. The van der Waals surface area contributed by atoms with Gasteiger partial charge in [-0.3, -0.25) is 9.59 Å². The van der Waals surface area contributed by atoms with E-state index in [1.54, 1.807) is 22.8 Å². The molecule has 1 atom stereocenters. The number of hydrogen-bond acceptors (Lipinski definition) is 4. The van der Waals surface area contributed by atoms with Crippen molar-refractivity contribution in [1.82, 2.24) is 15.1 Å². The minimum Gasteiger partial charge on any atom is -0.338 e. The molecule has 1 fully saturated rings. The minimum atomic E-state index is -0.904. The van der Waals surface area contributed by atoms with Gasteiger partial charge in [-0.15, -0.1) is 11.3 Å². The average Bonchev–Trinajstić information content (AvgIpc) is 3.22. The van der Waals surface area contributed by atoms with Crippen molar-refractivity contribution in [3.05, 3.63) is 57.8 Å². The van der Waals surface area contributed by atoms with Gasteiger partial charge >= 0.3 is 0 Å². The number of hydrogen-bond donors (Lipinski definition) is 1. The Kier molecular flexibility index (Phi) is 6.18. The summed E-state index contributed by atoms with van der Waals surface area (Å²) in [6.45, 7) is 3.85. The van der Waals surface area contributed by atoms with Crippen LogP contribution in [0.4, 0.5) is 8.78 Å². The van der Waals surface area contributed by atoms with Crippen LogP contribution in [-0.2, 0) is 4.79 Å². The third-order valence-electron chi connectivity index (χ3n) is 4.65. The minimum absolute atomic E-state index is 0.00202. The molecule has 2 aromatic rings. The van der Waals surface area contributed by atoms with Crippen molar-refractivity contribution in [2.24, 2.45) is 0 Å². The summed E-state index contributed by atoms with van der Waals surface area (Å²) >= 11 is 1.41. The van der Waals surface area contributed by atoms with Crippen molar-refractivity contribution in [3.63, 3.8) is 0 Å². The van der Waals surface area contributed by atoms with Crippen LogP contribution >= 0.6 is 11.3 Å². The van der Waals surface area contributed by atoms with Gasteiger partial charge in [0.2, 0.25) is 5.91 Å². The van der Waals surface area contributed by atoms with Crippen LogP contribution in [0.2, 0.25) is 0 Å². The molecule has 1 saturated heterocycles. The number of benzene rings is 1. The van der Waals surface area contributed by atoms with E-state index in [0.717, 1.165) is 12.1 Å². The maximum atomic E-state index is 13.3. The first kappa shape index (κ1) is 19.4. The number of nitrogens with zero attached hydrogens (tertiary/aromatic N) is 2. The monoisotopic (exact) mass is 393 g/mol. The van der Waals surface area contributed by atoms with E-state index in [-0.39, 0.29) is 24.4 Å². The van der Waals surface area contributed by atoms with Crippen LogP contribution in [-0.4, -0.2) is 54.3 Å². The van der Waals surface area contributed by atoms with Crippen molar-refractivity contribution in [3.8, 4) is 0 Å². The van der Waals surface area contributed by atoms with Gasteiger partial charge in [-0.25, -0.2) is 8.78 Å². The van der Waals surface area contributed by atoms with Gasteiger partial charge in [-0.05, 0) is 36.1 Å². The van der Waals surface area contributed by atoms with Crippen molar-refractivity contribution in [2.45, 2.75) is 13.0 Å². The highest BCUT2D eigenvalue weighted by molar-refractivity contribution is 7.12. The summed E-state index contributed by atoms with van der Waals surface area (Å²) in [4.78, 5) is 28.9. The zero-order chi connectivity index (χ0) is 19.4. The number of rotatable bonds is 5. The Labute approximate surface area is 160 Å². The van der Waals surface area contributed by atoms with Gasteiger partial charge in [0.15, 0.2) is 11.6 Å². The highest BCUT2D eigenvalue weighted by atomic mass is 32.1. The molecule has 27 heavy (non-hydrogen) atoms. The normalized spacial score (nSPS) is 15.7. The highest BCUT2D eigenvalue weighted by Gasteiger charge is 2.25. The SMILES string of the molecule is C[C@H](NCC(=O)N1CCN(C(=O)c2cccs2)CC1)c1ccc(F)c(F)c1. The summed E-state index contributed by atoms with van der Waals surface area (Å²) in [5.74, 6) is -1.87. The Morgan fingerprint density at radius 2 is 1.81 bits per heavy atom. The number of halogens is 2. The smallest absolute Gasteiger partial charge is 0.264 e. The number of carbonyl (C=O) groups is 2. The molecule has 1 aromatic carbocycles. The summed E-state index contributed by atoms with van der Waals surface area (Å²) < 4.78 is 26.3. The second-order valence-corrected chi connectivity index (χ2v) is 7.37. The average molecular weight is 393 g/mol. The summed E-state index contributed by atoms with van der Waals surface area (Å²) in [6, 6.07) is 7.06. The first-order chi connectivity index (χ1) is 13.0. The number of thiophene rings is 1. The Morgan fingerprint density at radius 3 is 2.44 bits per heavy atom. The molecule has 5 nitrogen and oxygen atoms in total. The predicted octanol–water partition coefficient (Wildman–Crippen LogP) is 2.66. The van der Waals surface area contributed by atoms with Crippen molar-refractivity contribution >= 4 is 23.2 Å². The standard InChI is InChI=1S/C19H21F2N3O2S/c1-13(14-4-5-15(20)16(21)11-14)22-12-18(25)23-6-8-24(9-7-23)19(26)17-3-2-10-27-17/h2-5,10-11,13,22H,6-9,12H2,1H3/t13-/m0/s1. The quantitative estimate of drug-likeness (QED) is 0.850. The van der Waals surface area contributed by atoms with Crippen molar-refractivity contribution in [1.29, 1.82) is 0 Å². The van der Waals surface area contributed by atoms with Crippen LogP contribution in [0.1, 0.15) is 28.2 Å². The van der Waals surface area contributed by atoms with Crippen LogP contribution in [0.3, 0.4) is 0 Å². The van der Waals surface area contributed by atoms with Gasteiger partial charge in [0.05, 0.1) is 11.4 Å². The van der Waals surface area contributed by atoms with Gasteiger partial charge in [-0.1, -0.05) is 12.1 Å². The molecule has 0 saturated carbocycles. The van der Waals surface area contributed by atoms with E-state index in [1.165, 1.54) is 17.4 Å². The van der Waals surface area contributed by atoms with E-state index in [9.17, 15) is 18.4 Å². The van der Waals surface area contributed by atoms with Crippen LogP contribution in [0.15, 0.2) is 35.7 Å². The Balaban J connectivity index is 1.46. The van der Waals surface area contributed by atoms with E-state index in [4.69, 9.17) is 0 Å². The molecule has 1 aliphatic rings. The summed E-state index contributed by atoms with van der Waals surface area (Å²) in [6.07, 6.45) is 0. The lowest BCUT2D eigenvalue weighted by Crippen LogP contribution is -2.52. The number of carbonyl (C=O) groups excluding carboxylic acids is 2. The molecule has 2 heterocycles.